The van der Waals surface area contributed by atoms with Gasteiger partial charge >= 0.3 is 0 Å². The van der Waals surface area contributed by atoms with Crippen molar-refractivity contribution in [2.24, 2.45) is 5.41 Å². The summed E-state index contributed by atoms with van der Waals surface area (Å²) in [6.45, 7) is 5.97. The maximum absolute atomic E-state index is 12.6. The Morgan fingerprint density at radius 2 is 1.95 bits per heavy atom. The van der Waals surface area contributed by atoms with Gasteiger partial charge in [-0.1, -0.05) is 11.1 Å². The zero-order valence-electron chi connectivity index (χ0n) is 12.2. The van der Waals surface area contributed by atoms with Crippen LogP contribution in [0.2, 0.25) is 0 Å². The molecule has 5 nitrogen and oxygen atoms in total. The van der Waals surface area contributed by atoms with E-state index in [1.165, 1.54) is 9.88 Å². The molecule has 0 saturated carbocycles. The molecule has 0 bridgehead atoms. The molecule has 1 fully saturated rings. The van der Waals surface area contributed by atoms with Gasteiger partial charge in [-0.05, 0) is 33.1 Å². The van der Waals surface area contributed by atoms with Crippen LogP contribution in [-0.2, 0) is 14.8 Å². The molecule has 0 amide bonds. The summed E-state index contributed by atoms with van der Waals surface area (Å²) in [5, 5.41) is 9.40. The molecule has 0 unspecified atom stereocenters. The number of rotatable bonds is 3. The average molecular weight is 298 g/mol. The van der Waals surface area contributed by atoms with Crippen molar-refractivity contribution in [1.82, 2.24) is 4.31 Å². The van der Waals surface area contributed by atoms with Gasteiger partial charge in [0.1, 0.15) is 0 Å². The van der Waals surface area contributed by atoms with E-state index < -0.39 is 15.4 Å². The first-order valence-corrected chi connectivity index (χ1v) is 8.61. The van der Waals surface area contributed by atoms with Crippen molar-refractivity contribution in [2.75, 3.05) is 32.1 Å². The molecule has 0 spiro atoms. The summed E-state index contributed by atoms with van der Waals surface area (Å²) in [4.78, 5) is 0. The number of nitrogens with zero attached hydrogens (tertiary/aromatic N) is 2. The second kappa shape index (κ2) is 5.84. The fraction of sp³-hybridized carbons (Fsp3) is 0.786. The van der Waals surface area contributed by atoms with Crippen LogP contribution in [0, 0.1) is 16.7 Å². The first-order chi connectivity index (χ1) is 9.38. The van der Waals surface area contributed by atoms with Gasteiger partial charge in [0.15, 0.2) is 0 Å². The predicted molar refractivity (Wildman–Crippen MR) is 76.4 cm³/mol. The zero-order valence-corrected chi connectivity index (χ0v) is 13.0. The normalized spacial score (nSPS) is 24.4. The van der Waals surface area contributed by atoms with Crippen molar-refractivity contribution in [3.05, 3.63) is 11.1 Å². The number of ether oxygens (including phenoxy) is 1. The monoisotopic (exact) mass is 298 g/mol. The van der Waals surface area contributed by atoms with Gasteiger partial charge in [-0.2, -0.15) is 9.57 Å². The fourth-order valence-electron chi connectivity index (χ4n) is 2.71. The lowest BCUT2D eigenvalue weighted by Crippen LogP contribution is -2.44. The van der Waals surface area contributed by atoms with Crippen LogP contribution in [-0.4, -0.2) is 44.8 Å². The third-order valence-corrected chi connectivity index (χ3v) is 6.43. The van der Waals surface area contributed by atoms with Crippen LogP contribution in [0.1, 0.15) is 33.1 Å². The van der Waals surface area contributed by atoms with Crippen LogP contribution in [0.15, 0.2) is 11.1 Å². The van der Waals surface area contributed by atoms with Gasteiger partial charge < -0.3 is 4.74 Å². The Bertz CT molecular complexity index is 539. The van der Waals surface area contributed by atoms with E-state index in [1.807, 2.05) is 6.92 Å². The molecule has 2 heterocycles. The second-order valence-electron chi connectivity index (χ2n) is 5.90. The van der Waals surface area contributed by atoms with Crippen molar-refractivity contribution >= 4 is 10.0 Å². The first kappa shape index (κ1) is 15.5. The molecule has 0 aliphatic carbocycles. The van der Waals surface area contributed by atoms with Crippen molar-refractivity contribution < 1.29 is 13.2 Å². The van der Waals surface area contributed by atoms with Crippen LogP contribution in [0.25, 0.3) is 0 Å². The molecule has 1 saturated heterocycles. The third-order valence-electron chi connectivity index (χ3n) is 4.42. The summed E-state index contributed by atoms with van der Waals surface area (Å²) in [5.74, 6) is -0.0772. The molecule has 20 heavy (non-hydrogen) atoms. The van der Waals surface area contributed by atoms with E-state index in [-0.39, 0.29) is 5.75 Å². The quantitative estimate of drug-likeness (QED) is 0.743. The lowest BCUT2D eigenvalue weighted by atomic mass is 9.84. The lowest BCUT2D eigenvalue weighted by molar-refractivity contribution is 0.0487. The molecule has 0 aromatic carbocycles. The van der Waals surface area contributed by atoms with E-state index in [9.17, 15) is 13.7 Å². The topological polar surface area (TPSA) is 70.4 Å². The van der Waals surface area contributed by atoms with Crippen molar-refractivity contribution in [3.8, 4) is 6.07 Å². The highest BCUT2D eigenvalue weighted by Crippen LogP contribution is 2.33. The van der Waals surface area contributed by atoms with E-state index in [2.05, 4.69) is 13.0 Å². The minimum absolute atomic E-state index is 0.0772. The summed E-state index contributed by atoms with van der Waals surface area (Å²) in [7, 11) is -3.39. The number of hydrogen-bond acceptors (Lipinski definition) is 4. The summed E-state index contributed by atoms with van der Waals surface area (Å²) in [6, 6.07) is 2.23. The molecule has 112 valence electrons. The number of hydrogen-bond donors (Lipinski definition) is 0. The largest absolute Gasteiger partial charge is 0.381 e. The Kier molecular flexibility index (Phi) is 4.52. The van der Waals surface area contributed by atoms with Crippen molar-refractivity contribution in [3.63, 3.8) is 0 Å². The summed E-state index contributed by atoms with van der Waals surface area (Å²) in [6.07, 6.45) is 1.79. The van der Waals surface area contributed by atoms with Gasteiger partial charge in [0.25, 0.3) is 0 Å². The molecule has 0 N–H and O–H groups in total. The Labute approximate surface area is 121 Å². The molecule has 6 heteroatoms. The van der Waals surface area contributed by atoms with Crippen LogP contribution in [0.5, 0.6) is 0 Å². The smallest absolute Gasteiger partial charge is 0.215 e. The lowest BCUT2D eigenvalue weighted by Gasteiger charge is -2.34. The Morgan fingerprint density at radius 1 is 1.30 bits per heavy atom. The average Bonchev–Trinajstić information content (AvgIpc) is 2.42. The van der Waals surface area contributed by atoms with Gasteiger partial charge in [-0.15, -0.1) is 0 Å². The zero-order chi connectivity index (χ0) is 14.8. The third kappa shape index (κ3) is 3.22. The highest BCUT2D eigenvalue weighted by molar-refractivity contribution is 7.89. The van der Waals surface area contributed by atoms with E-state index in [1.54, 1.807) is 0 Å². The van der Waals surface area contributed by atoms with Crippen molar-refractivity contribution in [2.45, 2.75) is 33.1 Å². The molecule has 0 atom stereocenters. The van der Waals surface area contributed by atoms with E-state index in [4.69, 9.17) is 4.74 Å². The minimum atomic E-state index is -3.39. The van der Waals surface area contributed by atoms with Gasteiger partial charge in [0, 0.05) is 26.3 Å². The summed E-state index contributed by atoms with van der Waals surface area (Å²) >= 11 is 0. The maximum Gasteiger partial charge on any atom is 0.215 e. The fourth-order valence-corrected chi connectivity index (χ4v) is 4.71. The van der Waals surface area contributed by atoms with Crippen LogP contribution in [0.3, 0.4) is 0 Å². The minimum Gasteiger partial charge on any atom is -0.381 e. The first-order valence-electron chi connectivity index (χ1n) is 7.01. The summed E-state index contributed by atoms with van der Waals surface area (Å²) < 4.78 is 31.9. The highest BCUT2D eigenvalue weighted by atomic mass is 32.2. The molecule has 0 aromatic heterocycles. The molecule has 0 aromatic rings. The SMILES string of the molecule is CC1=C(C)CN(S(=O)(=O)CC2(C#N)CCOCC2)CC1. The molecule has 2 aliphatic heterocycles. The molecule has 0 radical (unpaired) electrons. The van der Waals surface area contributed by atoms with Gasteiger partial charge in [-0.3, -0.25) is 0 Å². The summed E-state index contributed by atoms with van der Waals surface area (Å²) in [5.41, 5.74) is 1.62. The Balaban J connectivity index is 2.13. The number of nitriles is 1. The van der Waals surface area contributed by atoms with Crippen LogP contribution < -0.4 is 0 Å². The van der Waals surface area contributed by atoms with Crippen LogP contribution >= 0.6 is 0 Å². The number of sulfonamides is 1. The molecule has 2 rings (SSSR count). The van der Waals surface area contributed by atoms with Gasteiger partial charge in [0.2, 0.25) is 10.0 Å². The van der Waals surface area contributed by atoms with Gasteiger partial charge in [-0.25, -0.2) is 8.42 Å². The van der Waals surface area contributed by atoms with Crippen molar-refractivity contribution in [1.29, 1.82) is 5.26 Å². The van der Waals surface area contributed by atoms with Gasteiger partial charge in [0.05, 0.1) is 17.2 Å². The Morgan fingerprint density at radius 3 is 2.50 bits per heavy atom. The molecule has 2 aliphatic rings. The van der Waals surface area contributed by atoms with E-state index in [0.717, 1.165) is 12.0 Å². The predicted octanol–water partition coefficient (Wildman–Crippen LogP) is 1.68. The van der Waals surface area contributed by atoms with Crippen LogP contribution in [0.4, 0.5) is 0 Å². The van der Waals surface area contributed by atoms with E-state index >= 15 is 0 Å². The second-order valence-corrected chi connectivity index (χ2v) is 7.87. The molecular weight excluding hydrogens is 276 g/mol. The highest BCUT2D eigenvalue weighted by Gasteiger charge is 2.40. The Hall–Kier alpha value is -0.900. The van der Waals surface area contributed by atoms with E-state index in [0.29, 0.717) is 39.1 Å². The standard InChI is InChI=1S/C14H22N2O3S/c1-12-3-6-16(9-13(12)2)20(17,18)11-14(10-15)4-7-19-8-5-14/h3-9,11H2,1-2H3. The maximum atomic E-state index is 12.6. The molecular formula is C14H22N2O3S.